The van der Waals surface area contributed by atoms with Crippen LogP contribution in [-0.4, -0.2) is 174 Å². The lowest BCUT2D eigenvalue weighted by molar-refractivity contribution is -0.144. The van der Waals surface area contributed by atoms with Gasteiger partial charge in [-0.05, 0) is 116 Å². The fourth-order valence-corrected chi connectivity index (χ4v) is 12.6. The molecule has 4 aromatic rings. The van der Waals surface area contributed by atoms with Crippen LogP contribution >= 0.6 is 0 Å². The van der Waals surface area contributed by atoms with Gasteiger partial charge in [0.25, 0.3) is 0 Å². The Kier molecular flexibility index (Phi) is 22.5. The Morgan fingerprint density at radius 2 is 0.868 bits per heavy atom. The van der Waals surface area contributed by atoms with Crippen LogP contribution in [0.5, 0.6) is 0 Å². The Morgan fingerprint density at radius 1 is 0.539 bits per heavy atom. The second-order valence-electron chi connectivity index (χ2n) is 19.6. The third-order valence-corrected chi connectivity index (χ3v) is 18.2. The van der Waals surface area contributed by atoms with E-state index in [4.69, 9.17) is 9.47 Å². The van der Waals surface area contributed by atoms with Crippen molar-refractivity contribution in [2.45, 2.75) is 124 Å². The summed E-state index contributed by atoms with van der Waals surface area (Å²) in [6, 6.07) is 31.1. The molecule has 4 aromatic carbocycles. The molecule has 2 heterocycles. The van der Waals surface area contributed by atoms with Crippen LogP contribution in [0.1, 0.15) is 64.5 Å². The molecule has 0 radical (unpaired) electrons. The molecule has 0 saturated carbocycles. The number of nitrogens with one attached hydrogen (secondary N) is 4. The quantitative estimate of drug-likeness (QED) is 0.0572. The van der Waals surface area contributed by atoms with E-state index in [0.29, 0.717) is 51.6 Å². The monoisotopic (exact) mass is 1090 g/mol. The summed E-state index contributed by atoms with van der Waals surface area (Å²) in [6.07, 6.45) is 1.50. The van der Waals surface area contributed by atoms with Crippen molar-refractivity contribution in [1.29, 1.82) is 0 Å². The van der Waals surface area contributed by atoms with Crippen molar-refractivity contribution in [3.8, 4) is 0 Å². The minimum absolute atomic E-state index is 0.0470. The fraction of sp³-hybridized carbons (Fsp3) is 0.500. The van der Waals surface area contributed by atoms with Gasteiger partial charge in [-0.25, -0.2) is 16.8 Å². The van der Waals surface area contributed by atoms with E-state index in [2.05, 4.69) is 21.3 Å². The first-order valence-corrected chi connectivity index (χ1v) is 29.3. The highest BCUT2D eigenvalue weighted by molar-refractivity contribution is 7.89. The minimum atomic E-state index is -3.96. The average Bonchev–Trinajstić information content (AvgIpc) is 4.13. The first kappa shape index (κ1) is 59.7. The highest BCUT2D eigenvalue weighted by atomic mass is 32.2. The molecular weight excluding hydrogens is 1010 g/mol. The zero-order valence-electron chi connectivity index (χ0n) is 44.8. The molecule has 8 atom stereocenters. The van der Waals surface area contributed by atoms with Crippen LogP contribution in [0.3, 0.4) is 0 Å². The maximum atomic E-state index is 14.7. The van der Waals surface area contributed by atoms with E-state index in [1.165, 1.54) is 8.61 Å². The van der Waals surface area contributed by atoms with Crippen LogP contribution in [0, 0.1) is 0 Å². The summed E-state index contributed by atoms with van der Waals surface area (Å²) in [5, 5.41) is 11.6. The van der Waals surface area contributed by atoms with E-state index < -0.39 is 92.1 Å². The predicted octanol–water partition coefficient (Wildman–Crippen LogP) is 3.83. The Hall–Kier alpha value is -5.58. The van der Waals surface area contributed by atoms with Crippen molar-refractivity contribution in [3.05, 3.63) is 132 Å². The summed E-state index contributed by atoms with van der Waals surface area (Å²) in [6.45, 7) is 7.72. The van der Waals surface area contributed by atoms with Crippen LogP contribution in [0.15, 0.2) is 131 Å². The van der Waals surface area contributed by atoms with Crippen LogP contribution in [0.4, 0.5) is 0 Å². The first-order valence-electron chi connectivity index (χ1n) is 26.4. The van der Waals surface area contributed by atoms with Crippen molar-refractivity contribution in [2.24, 2.45) is 0 Å². The topological polar surface area (TPSA) is 216 Å². The summed E-state index contributed by atoms with van der Waals surface area (Å²) in [7, 11) is -4.65. The first-order chi connectivity index (χ1) is 36.5. The van der Waals surface area contributed by atoms with Gasteiger partial charge in [0.05, 0.1) is 47.3 Å². The summed E-state index contributed by atoms with van der Waals surface area (Å²) in [5.74, 6) is -1.69. The lowest BCUT2D eigenvalue weighted by Crippen LogP contribution is -2.59. The summed E-state index contributed by atoms with van der Waals surface area (Å²) >= 11 is 0. The number of carbonyl (C=O) groups excluding carboxylic acids is 4. The van der Waals surface area contributed by atoms with Gasteiger partial charge in [-0.3, -0.25) is 19.2 Å². The van der Waals surface area contributed by atoms with Crippen LogP contribution in [-0.2, 0) is 61.5 Å². The van der Waals surface area contributed by atoms with Gasteiger partial charge in [0.15, 0.2) is 0 Å². The standard InChI is InChI=1S/C56H78N8O10S2/c1-41(57-5)53(65)59-51(55(67)63-33-19-25-47(63)39-61(35-31-45-21-11-7-12-22-45)75(69,70)49-27-15-9-16-28-49)43(3)73-37-38-74-44(4)52(60-54(66)42(2)58-6)56(68)64-34-20-26-48(64)40-62(36-32-46-23-13-8-14-24-46)76(71,72)50-29-17-10-18-30-50/h7-18,21-24,27-30,41-44,47-48,51-52,57-58H,19-20,25-26,31-40H2,1-6H3,(H,59,65)(H,60,66)/t41-,42-,43+,44+,47-,48-,51-,52-/m0/s1. The fourth-order valence-electron chi connectivity index (χ4n) is 9.60. The maximum Gasteiger partial charge on any atom is 0.248 e. The van der Waals surface area contributed by atoms with Gasteiger partial charge in [-0.1, -0.05) is 97.1 Å². The number of carbonyl (C=O) groups is 4. The van der Waals surface area contributed by atoms with E-state index in [1.807, 2.05) is 60.7 Å². The van der Waals surface area contributed by atoms with Gasteiger partial charge in [0.2, 0.25) is 43.7 Å². The Morgan fingerprint density at radius 3 is 1.20 bits per heavy atom. The molecule has 0 unspecified atom stereocenters. The van der Waals surface area contributed by atoms with Gasteiger partial charge in [0, 0.05) is 51.4 Å². The third-order valence-electron chi connectivity index (χ3n) is 14.5. The second kappa shape index (κ2) is 28.7. The molecular formula is C56H78N8O10S2. The van der Waals surface area contributed by atoms with Gasteiger partial charge in [0.1, 0.15) is 12.1 Å². The Labute approximate surface area is 450 Å². The van der Waals surface area contributed by atoms with E-state index in [-0.39, 0.29) is 49.2 Å². The van der Waals surface area contributed by atoms with Crippen molar-refractivity contribution in [1.82, 2.24) is 39.7 Å². The number of hydrogen-bond donors (Lipinski definition) is 4. The number of nitrogens with zero attached hydrogens (tertiary/aromatic N) is 4. The lowest BCUT2D eigenvalue weighted by atomic mass is 10.1. The number of likely N-dealkylation sites (tertiary alicyclic amines) is 2. The second-order valence-corrected chi connectivity index (χ2v) is 23.5. The number of rotatable bonds is 29. The molecule has 2 saturated heterocycles. The van der Waals surface area contributed by atoms with Crippen molar-refractivity contribution in [2.75, 3.05) is 66.6 Å². The molecule has 0 aromatic heterocycles. The van der Waals surface area contributed by atoms with Gasteiger partial charge >= 0.3 is 0 Å². The minimum Gasteiger partial charge on any atom is -0.373 e. The normalized spacial score (nSPS) is 18.5. The molecule has 20 heteroatoms. The SMILES string of the molecule is CN[C@@H](C)C(=O)N[C@H](C(=O)N1CCC[C@H]1CN(CCc1ccccc1)S(=O)(=O)c1ccccc1)[C@@H](C)OCCO[C@H](C)[C@H](NC(=O)[C@H](C)NC)C(=O)N1CCC[C@H]1CN(CCc1ccccc1)S(=O)(=O)c1ccccc1. The highest BCUT2D eigenvalue weighted by Crippen LogP contribution is 2.27. The summed E-state index contributed by atoms with van der Waals surface area (Å²) < 4.78 is 72.2. The molecule has 2 aliphatic rings. The Balaban J connectivity index is 1.15. The van der Waals surface area contributed by atoms with E-state index in [9.17, 15) is 36.0 Å². The number of amides is 4. The highest BCUT2D eigenvalue weighted by Gasteiger charge is 2.42. The maximum absolute atomic E-state index is 14.7. The molecule has 2 fully saturated rings. The number of likely N-dealkylation sites (N-methyl/N-ethyl adjacent to an activating group) is 2. The average molecular weight is 1090 g/mol. The number of sulfonamides is 2. The Bertz CT molecular complexity index is 2510. The molecule has 414 valence electrons. The van der Waals surface area contributed by atoms with Gasteiger partial charge in [-0.2, -0.15) is 8.61 Å². The van der Waals surface area contributed by atoms with Crippen molar-refractivity contribution >= 4 is 43.7 Å². The van der Waals surface area contributed by atoms with E-state index >= 15 is 0 Å². The molecule has 0 spiro atoms. The van der Waals surface area contributed by atoms with Crippen molar-refractivity contribution < 1.29 is 45.5 Å². The number of ether oxygens (including phenoxy) is 2. The lowest BCUT2D eigenvalue weighted by Gasteiger charge is -2.35. The predicted molar refractivity (Wildman–Crippen MR) is 292 cm³/mol. The third kappa shape index (κ3) is 16.0. The van der Waals surface area contributed by atoms with Crippen LogP contribution in [0.25, 0.3) is 0 Å². The van der Waals surface area contributed by atoms with E-state index in [1.54, 1.807) is 112 Å². The number of hydrogen-bond acceptors (Lipinski definition) is 12. The molecule has 6 rings (SSSR count). The number of benzene rings is 4. The molecule has 76 heavy (non-hydrogen) atoms. The molecule has 0 bridgehead atoms. The largest absolute Gasteiger partial charge is 0.373 e. The molecule has 4 amide bonds. The zero-order chi connectivity index (χ0) is 54.8. The van der Waals surface area contributed by atoms with Crippen LogP contribution < -0.4 is 21.3 Å². The summed E-state index contributed by atoms with van der Waals surface area (Å²) in [4.78, 5) is 60.0. The van der Waals surface area contributed by atoms with Crippen molar-refractivity contribution in [3.63, 3.8) is 0 Å². The smallest absolute Gasteiger partial charge is 0.248 e. The molecule has 2 aliphatic heterocycles. The molecule has 18 nitrogen and oxygen atoms in total. The molecule has 0 aliphatic carbocycles. The van der Waals surface area contributed by atoms with Gasteiger partial charge < -0.3 is 40.5 Å². The summed E-state index contributed by atoms with van der Waals surface area (Å²) in [5.41, 5.74) is 1.95. The van der Waals surface area contributed by atoms with Gasteiger partial charge in [-0.15, -0.1) is 0 Å². The van der Waals surface area contributed by atoms with Crippen LogP contribution in [0.2, 0.25) is 0 Å². The zero-order valence-corrected chi connectivity index (χ0v) is 46.4. The van der Waals surface area contributed by atoms with E-state index in [0.717, 1.165) is 11.1 Å². The molecule has 4 N–H and O–H groups in total.